The van der Waals surface area contributed by atoms with Crippen LogP contribution in [0.25, 0.3) is 0 Å². The first-order valence-electron chi connectivity index (χ1n) is 10.9. The van der Waals surface area contributed by atoms with Gasteiger partial charge in [-0.05, 0) is 67.1 Å². The van der Waals surface area contributed by atoms with E-state index in [1.165, 1.54) is 26.4 Å². The lowest BCUT2D eigenvalue weighted by molar-refractivity contribution is -0.139. The number of nitrogens with one attached hydrogen (secondary N) is 2. The molecule has 0 atom stereocenters. The van der Waals surface area contributed by atoms with Gasteiger partial charge in [-0.15, -0.1) is 0 Å². The van der Waals surface area contributed by atoms with Crippen molar-refractivity contribution in [3.63, 3.8) is 0 Å². The zero-order valence-electron chi connectivity index (χ0n) is 19.9. The van der Waals surface area contributed by atoms with Crippen LogP contribution in [0.4, 0.5) is 10.5 Å². The van der Waals surface area contributed by atoms with Crippen molar-refractivity contribution in [3.05, 3.63) is 76.8 Å². The molecule has 0 aliphatic rings. The van der Waals surface area contributed by atoms with Crippen molar-refractivity contribution in [3.8, 4) is 23.0 Å². The predicted molar refractivity (Wildman–Crippen MR) is 134 cm³/mol. The van der Waals surface area contributed by atoms with Crippen LogP contribution in [0, 0.1) is 0 Å². The molecule has 10 heteroatoms. The van der Waals surface area contributed by atoms with Gasteiger partial charge in [-0.1, -0.05) is 17.7 Å². The Morgan fingerprint density at radius 3 is 2.28 bits per heavy atom. The molecule has 0 unspecified atom stereocenters. The lowest BCUT2D eigenvalue weighted by Crippen LogP contribution is -2.23. The molecule has 0 saturated carbocycles. The third-order valence-electron chi connectivity index (χ3n) is 4.86. The molecule has 3 aromatic carbocycles. The van der Waals surface area contributed by atoms with Gasteiger partial charge in [0.1, 0.15) is 5.75 Å². The van der Waals surface area contributed by atoms with Gasteiger partial charge in [-0.3, -0.25) is 14.9 Å². The average molecular weight is 513 g/mol. The maximum Gasteiger partial charge on any atom is 0.417 e. The molecule has 36 heavy (non-hydrogen) atoms. The Bertz CT molecular complexity index is 1250. The average Bonchev–Trinajstić information content (AvgIpc) is 2.86. The van der Waals surface area contributed by atoms with Crippen molar-refractivity contribution < 1.29 is 33.3 Å². The Hall–Kier alpha value is -4.24. The van der Waals surface area contributed by atoms with E-state index in [-0.39, 0.29) is 29.5 Å². The maximum absolute atomic E-state index is 12.6. The Balaban J connectivity index is 1.92. The lowest BCUT2D eigenvalue weighted by Gasteiger charge is -2.16. The summed E-state index contributed by atoms with van der Waals surface area (Å²) in [5, 5.41) is 5.81. The van der Waals surface area contributed by atoms with E-state index >= 15 is 0 Å². The third-order valence-corrected chi connectivity index (χ3v) is 5.12. The number of carbonyl (C=O) groups is 3. The maximum atomic E-state index is 12.6. The second kappa shape index (κ2) is 12.5. The largest absolute Gasteiger partial charge is 0.493 e. The molecule has 2 amide bonds. The van der Waals surface area contributed by atoms with E-state index in [9.17, 15) is 14.4 Å². The zero-order chi connectivity index (χ0) is 26.1. The fraction of sp³-hybridized carbons (Fsp3) is 0.192. The monoisotopic (exact) mass is 512 g/mol. The van der Waals surface area contributed by atoms with Gasteiger partial charge in [-0.2, -0.15) is 0 Å². The van der Waals surface area contributed by atoms with Crippen LogP contribution in [0.3, 0.4) is 0 Å². The van der Waals surface area contributed by atoms with Gasteiger partial charge in [0, 0.05) is 17.1 Å². The number of halogens is 1. The van der Waals surface area contributed by atoms with Crippen molar-refractivity contribution >= 4 is 35.3 Å². The molecule has 0 aliphatic heterocycles. The Morgan fingerprint density at radius 2 is 1.61 bits per heavy atom. The topological polar surface area (TPSA) is 112 Å². The minimum absolute atomic E-state index is 0.0332. The molecule has 0 saturated heterocycles. The summed E-state index contributed by atoms with van der Waals surface area (Å²) in [5.74, 6) is 0.437. The van der Waals surface area contributed by atoms with Crippen molar-refractivity contribution in [1.82, 2.24) is 5.32 Å². The lowest BCUT2D eigenvalue weighted by atomic mass is 10.1. The molecular formula is C26H25ClN2O7. The smallest absolute Gasteiger partial charge is 0.417 e. The summed E-state index contributed by atoms with van der Waals surface area (Å²) in [6.07, 6.45) is -0.771. The molecule has 9 nitrogen and oxygen atoms in total. The summed E-state index contributed by atoms with van der Waals surface area (Å²) in [5.41, 5.74) is 1.11. The molecule has 0 aliphatic carbocycles. The number of hydrogen-bond acceptors (Lipinski definition) is 7. The van der Waals surface area contributed by atoms with E-state index in [1.54, 1.807) is 55.5 Å². The van der Waals surface area contributed by atoms with Gasteiger partial charge in [0.2, 0.25) is 0 Å². The molecular weight excluding hydrogens is 488 g/mol. The first-order valence-corrected chi connectivity index (χ1v) is 11.3. The summed E-state index contributed by atoms with van der Waals surface area (Å²) in [6.45, 7) is 2.23. The number of amides is 2. The number of hydrogen-bond donors (Lipinski definition) is 2. The minimum Gasteiger partial charge on any atom is -0.493 e. The van der Waals surface area contributed by atoms with Gasteiger partial charge in [-0.25, -0.2) is 4.79 Å². The van der Waals surface area contributed by atoms with Gasteiger partial charge in [0.25, 0.3) is 5.91 Å². The fourth-order valence-corrected chi connectivity index (χ4v) is 3.26. The van der Waals surface area contributed by atoms with Crippen LogP contribution in [-0.2, 0) is 16.0 Å². The standard InChI is InChI=1S/C26H25ClN2O7/c1-4-28-25(31)17-6-12-21(20(15-17)29-26(32)35-19-9-7-18(27)8-10-19)36-23-13-16(14-24(30)34-3)5-11-22(23)33-2/h5-13,15H,4,14H2,1-3H3,(H,28,31)(H,29,32). The number of ether oxygens (including phenoxy) is 4. The molecule has 0 bridgehead atoms. The first kappa shape index (κ1) is 26.4. The highest BCUT2D eigenvalue weighted by molar-refractivity contribution is 6.30. The van der Waals surface area contributed by atoms with Crippen LogP contribution in [0.2, 0.25) is 5.02 Å². The van der Waals surface area contributed by atoms with E-state index in [1.807, 2.05) is 0 Å². The molecule has 3 aromatic rings. The predicted octanol–water partition coefficient (Wildman–Crippen LogP) is 5.22. The van der Waals surface area contributed by atoms with Gasteiger partial charge < -0.3 is 24.3 Å². The van der Waals surface area contributed by atoms with Crippen LogP contribution in [0.5, 0.6) is 23.0 Å². The van der Waals surface area contributed by atoms with Crippen LogP contribution < -0.4 is 24.8 Å². The van der Waals surface area contributed by atoms with Gasteiger partial charge in [0.15, 0.2) is 17.2 Å². The number of esters is 1. The summed E-state index contributed by atoms with van der Waals surface area (Å²) < 4.78 is 21.5. The summed E-state index contributed by atoms with van der Waals surface area (Å²) in [6, 6.07) is 15.8. The van der Waals surface area contributed by atoms with Crippen molar-refractivity contribution in [2.75, 3.05) is 26.1 Å². The summed E-state index contributed by atoms with van der Waals surface area (Å²) >= 11 is 5.87. The molecule has 3 rings (SSSR count). The fourth-order valence-electron chi connectivity index (χ4n) is 3.13. The molecule has 0 spiro atoms. The summed E-state index contributed by atoms with van der Waals surface area (Å²) in [4.78, 5) is 36.7. The van der Waals surface area contributed by atoms with Crippen LogP contribution >= 0.6 is 11.6 Å². The number of benzene rings is 3. The van der Waals surface area contributed by atoms with Crippen molar-refractivity contribution in [1.29, 1.82) is 0 Å². The van der Waals surface area contributed by atoms with Crippen LogP contribution in [0.1, 0.15) is 22.8 Å². The van der Waals surface area contributed by atoms with E-state index in [2.05, 4.69) is 10.6 Å². The second-order valence-corrected chi connectivity index (χ2v) is 7.82. The molecule has 0 fully saturated rings. The molecule has 2 N–H and O–H groups in total. The van der Waals surface area contributed by atoms with Crippen LogP contribution in [0.15, 0.2) is 60.7 Å². The van der Waals surface area contributed by atoms with Crippen molar-refractivity contribution in [2.45, 2.75) is 13.3 Å². The number of anilines is 1. The Kier molecular flexibility index (Phi) is 9.13. The second-order valence-electron chi connectivity index (χ2n) is 7.38. The molecule has 188 valence electrons. The molecule has 0 aromatic heterocycles. The highest BCUT2D eigenvalue weighted by Gasteiger charge is 2.17. The molecule has 0 radical (unpaired) electrons. The SMILES string of the molecule is CCNC(=O)c1ccc(Oc2cc(CC(=O)OC)ccc2OC)c(NC(=O)Oc2ccc(Cl)cc2)c1. The van der Waals surface area contributed by atoms with E-state index < -0.39 is 12.1 Å². The molecule has 0 heterocycles. The zero-order valence-corrected chi connectivity index (χ0v) is 20.7. The van der Waals surface area contributed by atoms with Gasteiger partial charge in [0.05, 0.1) is 26.3 Å². The summed E-state index contributed by atoms with van der Waals surface area (Å²) in [7, 11) is 2.78. The number of rotatable bonds is 9. The van der Waals surface area contributed by atoms with Crippen molar-refractivity contribution in [2.24, 2.45) is 0 Å². The van der Waals surface area contributed by atoms with E-state index in [0.717, 1.165) is 0 Å². The quantitative estimate of drug-likeness (QED) is 0.378. The normalized spacial score (nSPS) is 10.2. The highest BCUT2D eigenvalue weighted by atomic mass is 35.5. The number of carbonyl (C=O) groups excluding carboxylic acids is 3. The highest BCUT2D eigenvalue weighted by Crippen LogP contribution is 2.37. The van der Waals surface area contributed by atoms with Crippen LogP contribution in [-0.4, -0.2) is 38.7 Å². The van der Waals surface area contributed by atoms with Gasteiger partial charge >= 0.3 is 12.1 Å². The minimum atomic E-state index is -0.804. The number of methoxy groups -OCH3 is 2. The first-order chi connectivity index (χ1) is 17.3. The van der Waals surface area contributed by atoms with E-state index in [4.69, 9.17) is 30.5 Å². The Labute approximate surface area is 213 Å². The van der Waals surface area contributed by atoms with E-state index in [0.29, 0.717) is 34.2 Å². The Morgan fingerprint density at radius 1 is 0.889 bits per heavy atom. The third kappa shape index (κ3) is 7.13.